The summed E-state index contributed by atoms with van der Waals surface area (Å²) < 4.78 is 6.64. The van der Waals surface area contributed by atoms with Gasteiger partial charge in [-0.25, -0.2) is 9.48 Å². The molecular weight excluding hydrogens is 426 g/mol. The first-order valence-corrected chi connectivity index (χ1v) is 10.9. The second kappa shape index (κ2) is 8.43. The molecule has 2 aromatic carbocycles. The summed E-state index contributed by atoms with van der Waals surface area (Å²) in [7, 11) is 1.34. The molecule has 0 radical (unpaired) electrons. The number of hydrogen-bond donors (Lipinski definition) is 1. The number of methoxy groups -OCH3 is 1. The van der Waals surface area contributed by atoms with Crippen molar-refractivity contribution in [3.8, 4) is 5.69 Å². The molecule has 4 rings (SSSR count). The van der Waals surface area contributed by atoms with Crippen molar-refractivity contribution in [2.75, 3.05) is 12.4 Å². The summed E-state index contributed by atoms with van der Waals surface area (Å²) in [5.74, 6) is -0.471. The highest BCUT2D eigenvalue weighted by Crippen LogP contribution is 2.48. The lowest BCUT2D eigenvalue weighted by Gasteiger charge is -2.15. The average Bonchev–Trinajstić information content (AvgIpc) is 3.40. The number of carbonyl (C=O) groups is 2. The second-order valence-electron chi connectivity index (χ2n) is 9.11. The molecule has 6 nitrogen and oxygen atoms in total. The predicted octanol–water partition coefficient (Wildman–Crippen LogP) is 5.35. The first-order valence-electron chi connectivity index (χ1n) is 10.5. The molecule has 0 bridgehead atoms. The van der Waals surface area contributed by atoms with E-state index in [2.05, 4.69) is 31.2 Å². The van der Waals surface area contributed by atoms with E-state index in [1.54, 1.807) is 22.9 Å². The Kier molecular flexibility index (Phi) is 5.82. The van der Waals surface area contributed by atoms with Crippen molar-refractivity contribution in [2.24, 2.45) is 5.92 Å². The van der Waals surface area contributed by atoms with Gasteiger partial charge in [0.05, 0.1) is 24.1 Å². The molecular formula is C25H26ClN3O3. The van der Waals surface area contributed by atoms with Crippen LogP contribution in [-0.4, -0.2) is 28.8 Å². The number of carbonyl (C=O) groups excluding carboxylic acids is 2. The molecule has 1 saturated carbocycles. The number of esters is 1. The average molecular weight is 452 g/mol. The Balaban J connectivity index is 1.54. The molecule has 2 unspecified atom stereocenters. The van der Waals surface area contributed by atoms with Gasteiger partial charge in [-0.3, -0.25) is 4.79 Å². The molecule has 166 valence electrons. The SMILES string of the molecule is COC(=O)c1cc(NC(=O)C2CC2c2ccc(Cl)cc2)ccc1-n1ccc(C(C)(C)C)n1. The number of rotatable bonds is 5. The minimum atomic E-state index is -0.491. The van der Waals surface area contributed by atoms with Gasteiger partial charge in [-0.2, -0.15) is 5.10 Å². The number of benzene rings is 2. The normalized spacial score (nSPS) is 17.7. The largest absolute Gasteiger partial charge is 0.465 e. The second-order valence-corrected chi connectivity index (χ2v) is 9.54. The van der Waals surface area contributed by atoms with E-state index < -0.39 is 5.97 Å². The Morgan fingerprint density at radius 1 is 1.12 bits per heavy atom. The van der Waals surface area contributed by atoms with Gasteiger partial charge in [0.1, 0.15) is 0 Å². The van der Waals surface area contributed by atoms with Gasteiger partial charge in [-0.1, -0.05) is 44.5 Å². The topological polar surface area (TPSA) is 73.2 Å². The minimum Gasteiger partial charge on any atom is -0.465 e. The third kappa shape index (κ3) is 4.55. The predicted molar refractivity (Wildman–Crippen MR) is 125 cm³/mol. The van der Waals surface area contributed by atoms with Crippen LogP contribution < -0.4 is 5.32 Å². The lowest BCUT2D eigenvalue weighted by Crippen LogP contribution is -2.16. The van der Waals surface area contributed by atoms with Gasteiger partial charge in [-0.05, 0) is 54.3 Å². The van der Waals surface area contributed by atoms with Crippen molar-refractivity contribution in [2.45, 2.75) is 38.5 Å². The number of hydrogen-bond acceptors (Lipinski definition) is 4. The van der Waals surface area contributed by atoms with Gasteiger partial charge < -0.3 is 10.1 Å². The number of amides is 1. The first kappa shape index (κ1) is 22.1. The summed E-state index contributed by atoms with van der Waals surface area (Å²) in [5, 5.41) is 8.24. The molecule has 0 aliphatic heterocycles. The van der Waals surface area contributed by atoms with Crippen molar-refractivity contribution in [1.29, 1.82) is 0 Å². The van der Waals surface area contributed by atoms with E-state index >= 15 is 0 Å². The van der Waals surface area contributed by atoms with Crippen molar-refractivity contribution < 1.29 is 14.3 Å². The Morgan fingerprint density at radius 2 is 1.84 bits per heavy atom. The first-order chi connectivity index (χ1) is 15.2. The van der Waals surface area contributed by atoms with Crippen LogP contribution in [-0.2, 0) is 14.9 Å². The highest BCUT2D eigenvalue weighted by molar-refractivity contribution is 6.30. The van der Waals surface area contributed by atoms with Crippen LogP contribution in [0.1, 0.15) is 54.7 Å². The maximum Gasteiger partial charge on any atom is 0.340 e. The van der Waals surface area contributed by atoms with Crippen LogP contribution in [0.15, 0.2) is 54.7 Å². The molecule has 3 aromatic rings. The van der Waals surface area contributed by atoms with Gasteiger partial charge in [0.15, 0.2) is 0 Å². The molecule has 1 aromatic heterocycles. The van der Waals surface area contributed by atoms with Crippen LogP contribution in [0.2, 0.25) is 5.02 Å². The smallest absolute Gasteiger partial charge is 0.340 e. The van der Waals surface area contributed by atoms with Crippen molar-refractivity contribution >= 4 is 29.2 Å². The summed E-state index contributed by atoms with van der Waals surface area (Å²) in [6.07, 6.45) is 2.61. The van der Waals surface area contributed by atoms with E-state index in [4.69, 9.17) is 16.3 Å². The zero-order valence-electron chi connectivity index (χ0n) is 18.6. The number of halogens is 1. The van der Waals surface area contributed by atoms with E-state index in [-0.39, 0.29) is 23.2 Å². The van der Waals surface area contributed by atoms with Crippen LogP contribution >= 0.6 is 11.6 Å². The number of nitrogens with one attached hydrogen (secondary N) is 1. The van der Waals surface area contributed by atoms with E-state index in [0.29, 0.717) is 22.0 Å². The van der Waals surface area contributed by atoms with Crippen molar-refractivity contribution in [3.05, 3.63) is 76.6 Å². The van der Waals surface area contributed by atoms with E-state index in [1.165, 1.54) is 7.11 Å². The highest BCUT2D eigenvalue weighted by atomic mass is 35.5. The summed E-state index contributed by atoms with van der Waals surface area (Å²) in [6, 6.07) is 14.7. The van der Waals surface area contributed by atoms with Gasteiger partial charge in [0.2, 0.25) is 5.91 Å². The third-order valence-corrected chi connectivity index (χ3v) is 5.95. The van der Waals surface area contributed by atoms with Crippen LogP contribution in [0.4, 0.5) is 5.69 Å². The summed E-state index contributed by atoms with van der Waals surface area (Å²) in [5.41, 5.74) is 3.37. The molecule has 32 heavy (non-hydrogen) atoms. The van der Waals surface area contributed by atoms with Gasteiger partial charge in [0, 0.05) is 28.2 Å². The maximum absolute atomic E-state index is 12.8. The Morgan fingerprint density at radius 3 is 2.47 bits per heavy atom. The zero-order chi connectivity index (χ0) is 23.0. The standard InChI is InChI=1S/C25H26ClN3O3/c1-25(2,3)22-11-12-29(28-22)21-10-9-17(13-20(21)24(31)32-4)27-23(30)19-14-18(19)15-5-7-16(26)8-6-15/h5-13,18-19H,14H2,1-4H3,(H,27,30). The van der Waals surface area contributed by atoms with Gasteiger partial charge >= 0.3 is 5.97 Å². The molecule has 1 fully saturated rings. The monoisotopic (exact) mass is 451 g/mol. The Labute approximate surface area is 192 Å². The Hall–Kier alpha value is -3.12. The van der Waals surface area contributed by atoms with E-state index in [9.17, 15) is 9.59 Å². The Bertz CT molecular complexity index is 1160. The fraction of sp³-hybridized carbons (Fsp3) is 0.320. The summed E-state index contributed by atoms with van der Waals surface area (Å²) >= 11 is 5.95. The van der Waals surface area contributed by atoms with E-state index in [1.807, 2.05) is 36.5 Å². The van der Waals surface area contributed by atoms with Crippen LogP contribution in [0.5, 0.6) is 0 Å². The summed E-state index contributed by atoms with van der Waals surface area (Å²) in [6.45, 7) is 6.23. The fourth-order valence-corrected chi connectivity index (χ4v) is 3.87. The molecule has 0 saturated heterocycles. The number of ether oxygens (including phenoxy) is 1. The molecule has 1 aliphatic carbocycles. The molecule has 1 aliphatic rings. The minimum absolute atomic E-state index is 0.0670. The van der Waals surface area contributed by atoms with Gasteiger partial charge in [-0.15, -0.1) is 0 Å². The molecule has 0 spiro atoms. The van der Waals surface area contributed by atoms with Gasteiger partial charge in [0.25, 0.3) is 0 Å². The van der Waals surface area contributed by atoms with E-state index in [0.717, 1.165) is 17.7 Å². The van der Waals surface area contributed by atoms with Crippen molar-refractivity contribution in [1.82, 2.24) is 9.78 Å². The number of aromatic nitrogens is 2. The quantitative estimate of drug-likeness (QED) is 0.530. The maximum atomic E-state index is 12.8. The third-order valence-electron chi connectivity index (χ3n) is 5.70. The van der Waals surface area contributed by atoms with Crippen LogP contribution in [0, 0.1) is 5.92 Å². The van der Waals surface area contributed by atoms with Crippen LogP contribution in [0.3, 0.4) is 0 Å². The number of anilines is 1. The van der Waals surface area contributed by atoms with Crippen LogP contribution in [0.25, 0.3) is 5.69 Å². The molecule has 2 atom stereocenters. The highest BCUT2D eigenvalue weighted by Gasteiger charge is 2.43. The molecule has 1 N–H and O–H groups in total. The van der Waals surface area contributed by atoms with Crippen molar-refractivity contribution in [3.63, 3.8) is 0 Å². The number of nitrogens with zero attached hydrogens (tertiary/aromatic N) is 2. The molecule has 1 amide bonds. The fourth-order valence-electron chi connectivity index (χ4n) is 3.74. The zero-order valence-corrected chi connectivity index (χ0v) is 19.3. The molecule has 1 heterocycles. The summed E-state index contributed by atoms with van der Waals surface area (Å²) in [4.78, 5) is 25.2. The lowest BCUT2D eigenvalue weighted by molar-refractivity contribution is -0.117. The lowest BCUT2D eigenvalue weighted by atomic mass is 9.93. The molecule has 7 heteroatoms.